The van der Waals surface area contributed by atoms with Crippen LogP contribution in [-0.4, -0.2) is 80.0 Å². The molecular weight excluding hydrogens is 606 g/mol. The van der Waals surface area contributed by atoms with Crippen LogP contribution < -0.4 is 19.3 Å². The molecule has 2 heterocycles. The first-order valence-electron chi connectivity index (χ1n) is 15.6. The number of methoxy groups -OCH3 is 1. The molecule has 0 bridgehead atoms. The van der Waals surface area contributed by atoms with Crippen molar-refractivity contribution in [2.45, 2.75) is 45.6 Å². The molecule has 3 aromatic carbocycles. The molecule has 0 radical (unpaired) electrons. The van der Waals surface area contributed by atoms with Crippen molar-refractivity contribution < 1.29 is 32.2 Å². The molecule has 0 unspecified atom stereocenters. The highest BCUT2D eigenvalue weighted by Gasteiger charge is 2.28. The van der Waals surface area contributed by atoms with Gasteiger partial charge in [-0.05, 0) is 65.8 Å². The van der Waals surface area contributed by atoms with Gasteiger partial charge in [-0.15, -0.1) is 0 Å². The van der Waals surface area contributed by atoms with Crippen LogP contribution in [0.3, 0.4) is 0 Å². The summed E-state index contributed by atoms with van der Waals surface area (Å²) in [5.41, 5.74) is 7.09. The number of sulfonamides is 1. The van der Waals surface area contributed by atoms with Gasteiger partial charge in [0, 0.05) is 49.2 Å². The van der Waals surface area contributed by atoms with Gasteiger partial charge >= 0.3 is 0 Å². The number of hydrogen-bond donors (Lipinski definition) is 1. The van der Waals surface area contributed by atoms with Gasteiger partial charge in [-0.1, -0.05) is 45.0 Å². The van der Waals surface area contributed by atoms with Crippen molar-refractivity contribution in [2.75, 3.05) is 74.1 Å². The third-order valence-corrected chi connectivity index (χ3v) is 8.83. The third-order valence-electron chi connectivity index (χ3n) is 8.24. The molecule has 248 valence electrons. The van der Waals surface area contributed by atoms with E-state index in [0.717, 1.165) is 36.0 Å². The molecule has 0 aliphatic carbocycles. The van der Waals surface area contributed by atoms with Gasteiger partial charge < -0.3 is 28.7 Å². The Labute approximate surface area is 272 Å². The van der Waals surface area contributed by atoms with Crippen LogP contribution in [0, 0.1) is 0 Å². The summed E-state index contributed by atoms with van der Waals surface area (Å²) in [6.07, 6.45) is 1.87. The normalized spacial score (nSPS) is 17.2. The van der Waals surface area contributed by atoms with Crippen molar-refractivity contribution in [1.82, 2.24) is 0 Å². The Morgan fingerprint density at radius 3 is 2.50 bits per heavy atom. The van der Waals surface area contributed by atoms with E-state index in [2.05, 4.69) is 61.6 Å². The number of nitrogens with one attached hydrogen (secondary N) is 1. The number of carbonyl (C=O) groups is 1. The van der Waals surface area contributed by atoms with Gasteiger partial charge in [-0.25, -0.2) is 8.42 Å². The van der Waals surface area contributed by atoms with Crippen LogP contribution in [0.2, 0.25) is 0 Å². The topological polar surface area (TPSA) is 107 Å². The zero-order valence-corrected chi connectivity index (χ0v) is 28.4. The standard InChI is InChI=1S/C35H45N3O7S/c1-24-22-37(15-16-44-24)32-20-27(35(2,3)4)8-11-29(32)25-7-10-30-26(19-25)13-14-38(34(30)39)28-9-12-33(45-23-43-18-17-42-5)31(21-28)36-46(6,40)41/h7-12,19-21,24,36H,13-18,22-23H2,1-6H3/t24-/m0/s1. The summed E-state index contributed by atoms with van der Waals surface area (Å²) in [7, 11) is -2.04. The summed E-state index contributed by atoms with van der Waals surface area (Å²) < 4.78 is 48.6. The second kappa shape index (κ2) is 14.0. The second-order valence-corrected chi connectivity index (χ2v) is 14.7. The molecule has 0 spiro atoms. The maximum absolute atomic E-state index is 13.8. The number of anilines is 3. The van der Waals surface area contributed by atoms with E-state index >= 15 is 0 Å². The van der Waals surface area contributed by atoms with Gasteiger partial charge in [0.15, 0.2) is 6.79 Å². The molecule has 10 nitrogen and oxygen atoms in total. The lowest BCUT2D eigenvalue weighted by Gasteiger charge is -2.35. The number of amides is 1. The number of benzene rings is 3. The fourth-order valence-corrected chi connectivity index (χ4v) is 6.40. The van der Waals surface area contributed by atoms with Crippen molar-refractivity contribution >= 4 is 33.0 Å². The summed E-state index contributed by atoms with van der Waals surface area (Å²) in [5, 5.41) is 0. The molecule has 1 amide bonds. The Hall–Kier alpha value is -3.64. The van der Waals surface area contributed by atoms with Crippen molar-refractivity contribution in [1.29, 1.82) is 0 Å². The number of nitrogens with zero attached hydrogens (tertiary/aromatic N) is 2. The SMILES string of the molecule is COCCOCOc1ccc(N2CCc3cc(-c4ccc(C(C)(C)C)cc4N4CCO[C@@H](C)C4)ccc3C2=O)cc1NS(C)(=O)=O. The minimum Gasteiger partial charge on any atom is -0.465 e. The minimum atomic E-state index is -3.61. The van der Waals surface area contributed by atoms with Gasteiger partial charge in [-0.2, -0.15) is 0 Å². The Morgan fingerprint density at radius 1 is 1.00 bits per heavy atom. The second-order valence-electron chi connectivity index (χ2n) is 12.9. The van der Waals surface area contributed by atoms with Crippen molar-refractivity contribution in [3.05, 3.63) is 71.3 Å². The van der Waals surface area contributed by atoms with E-state index in [1.54, 1.807) is 30.2 Å². The molecule has 1 fully saturated rings. The predicted molar refractivity (Wildman–Crippen MR) is 182 cm³/mol. The Kier molecular flexibility index (Phi) is 10.3. The van der Waals surface area contributed by atoms with Crippen LogP contribution >= 0.6 is 0 Å². The zero-order valence-electron chi connectivity index (χ0n) is 27.6. The zero-order chi connectivity index (χ0) is 33.1. The first kappa shape index (κ1) is 33.7. The van der Waals surface area contributed by atoms with Gasteiger partial charge in [0.05, 0.1) is 37.9 Å². The van der Waals surface area contributed by atoms with E-state index < -0.39 is 10.0 Å². The smallest absolute Gasteiger partial charge is 0.258 e. The molecule has 2 aliphatic rings. The lowest BCUT2D eigenvalue weighted by molar-refractivity contribution is -0.00814. The molecule has 1 N–H and O–H groups in total. The number of fused-ring (bicyclic) bond motifs is 1. The van der Waals surface area contributed by atoms with Gasteiger partial charge in [0.1, 0.15) is 5.75 Å². The van der Waals surface area contributed by atoms with Crippen LogP contribution in [0.1, 0.15) is 49.2 Å². The van der Waals surface area contributed by atoms with Crippen molar-refractivity contribution in [3.8, 4) is 16.9 Å². The lowest BCUT2D eigenvalue weighted by Crippen LogP contribution is -2.41. The molecule has 0 aromatic heterocycles. The van der Waals surface area contributed by atoms with Crippen LogP contribution in [0.15, 0.2) is 54.6 Å². The molecule has 2 aliphatic heterocycles. The summed E-state index contributed by atoms with van der Waals surface area (Å²) in [6.45, 7) is 12.2. The van der Waals surface area contributed by atoms with Crippen LogP contribution in [0.25, 0.3) is 11.1 Å². The molecule has 1 atom stereocenters. The fraction of sp³-hybridized carbons (Fsp3) is 0.457. The number of morpholine rings is 1. The molecular formula is C35H45N3O7S. The van der Waals surface area contributed by atoms with Crippen LogP contribution in [-0.2, 0) is 36.1 Å². The Balaban J connectivity index is 1.42. The van der Waals surface area contributed by atoms with Gasteiger partial charge in [-0.3, -0.25) is 9.52 Å². The van der Waals surface area contributed by atoms with E-state index in [9.17, 15) is 13.2 Å². The molecule has 3 aromatic rings. The van der Waals surface area contributed by atoms with Gasteiger partial charge in [0.25, 0.3) is 5.91 Å². The average Bonchev–Trinajstić information content (AvgIpc) is 3.00. The maximum Gasteiger partial charge on any atom is 0.258 e. The monoisotopic (exact) mass is 651 g/mol. The summed E-state index contributed by atoms with van der Waals surface area (Å²) >= 11 is 0. The van der Waals surface area contributed by atoms with Gasteiger partial charge in [0.2, 0.25) is 10.0 Å². The Morgan fingerprint density at radius 2 is 1.78 bits per heavy atom. The van der Waals surface area contributed by atoms with E-state index in [0.29, 0.717) is 49.8 Å². The average molecular weight is 652 g/mol. The Bertz CT molecular complexity index is 1670. The van der Waals surface area contributed by atoms with Crippen molar-refractivity contribution in [3.63, 3.8) is 0 Å². The largest absolute Gasteiger partial charge is 0.465 e. The van der Waals surface area contributed by atoms with Crippen LogP contribution in [0.4, 0.5) is 17.1 Å². The first-order chi connectivity index (χ1) is 21.8. The van der Waals surface area contributed by atoms with Crippen molar-refractivity contribution in [2.24, 2.45) is 0 Å². The van der Waals surface area contributed by atoms with Crippen LogP contribution in [0.5, 0.6) is 5.75 Å². The quantitative estimate of drug-likeness (QED) is 0.216. The number of ether oxygens (including phenoxy) is 4. The highest BCUT2D eigenvalue weighted by Crippen LogP contribution is 2.38. The minimum absolute atomic E-state index is 0.00970. The maximum atomic E-state index is 13.8. The summed E-state index contributed by atoms with van der Waals surface area (Å²) in [4.78, 5) is 17.9. The molecule has 46 heavy (non-hydrogen) atoms. The highest BCUT2D eigenvalue weighted by molar-refractivity contribution is 7.92. The molecule has 0 saturated carbocycles. The lowest BCUT2D eigenvalue weighted by atomic mass is 9.84. The van der Waals surface area contributed by atoms with E-state index in [4.69, 9.17) is 18.9 Å². The number of hydrogen-bond acceptors (Lipinski definition) is 8. The number of carbonyl (C=O) groups excluding carboxylic acids is 1. The first-order valence-corrected chi connectivity index (χ1v) is 17.5. The van der Waals surface area contributed by atoms with E-state index in [1.165, 1.54) is 11.3 Å². The fourth-order valence-electron chi connectivity index (χ4n) is 5.84. The molecule has 1 saturated heterocycles. The number of rotatable bonds is 11. The summed E-state index contributed by atoms with van der Waals surface area (Å²) in [6, 6.07) is 17.8. The predicted octanol–water partition coefficient (Wildman–Crippen LogP) is 5.45. The highest BCUT2D eigenvalue weighted by atomic mass is 32.2. The van der Waals surface area contributed by atoms with E-state index in [-0.39, 0.29) is 29.9 Å². The molecule has 11 heteroatoms. The summed E-state index contributed by atoms with van der Waals surface area (Å²) in [5.74, 6) is 0.156. The molecule has 5 rings (SSSR count). The van der Waals surface area contributed by atoms with E-state index in [1.807, 2.05) is 12.1 Å². The third kappa shape index (κ3) is 8.01.